The van der Waals surface area contributed by atoms with Crippen molar-refractivity contribution in [1.82, 2.24) is 0 Å². The zero-order chi connectivity index (χ0) is 14.5. The Kier molecular flexibility index (Phi) is 5.64. The van der Waals surface area contributed by atoms with Crippen molar-refractivity contribution in [3.63, 3.8) is 0 Å². The number of halogens is 2. The van der Waals surface area contributed by atoms with Crippen molar-refractivity contribution in [1.29, 1.82) is 0 Å². The Morgan fingerprint density at radius 3 is 2.50 bits per heavy atom. The molecule has 0 aliphatic carbocycles. The van der Waals surface area contributed by atoms with E-state index in [0.29, 0.717) is 6.54 Å². The molecule has 0 aromatic heterocycles. The Hall–Kier alpha value is -0.840. The number of nitrogens with zero attached hydrogens (tertiary/aromatic N) is 1. The largest absolute Gasteiger partial charge is 0.370 e. The number of hydrogen-bond donors (Lipinski definition) is 1. The second kappa shape index (κ2) is 7.25. The molecule has 0 saturated heterocycles. The summed E-state index contributed by atoms with van der Waals surface area (Å²) in [7, 11) is 2.11. The maximum atomic E-state index is 5.72. The van der Waals surface area contributed by atoms with Crippen LogP contribution >= 0.6 is 31.9 Å². The lowest BCUT2D eigenvalue weighted by atomic mass is 10.1. The minimum atomic E-state index is 0.659. The molecule has 0 amide bonds. The van der Waals surface area contributed by atoms with E-state index in [1.54, 1.807) is 0 Å². The highest BCUT2D eigenvalue weighted by Gasteiger charge is 2.09. The molecule has 0 aliphatic rings. The molecule has 2 N–H and O–H groups in total. The fourth-order valence-corrected chi connectivity index (χ4v) is 3.07. The second-order valence-corrected chi connectivity index (χ2v) is 6.53. The van der Waals surface area contributed by atoms with Crippen molar-refractivity contribution in [2.45, 2.75) is 13.0 Å². The molecule has 0 radical (unpaired) electrons. The van der Waals surface area contributed by atoms with Crippen molar-refractivity contribution < 1.29 is 0 Å². The van der Waals surface area contributed by atoms with Gasteiger partial charge >= 0.3 is 0 Å². The standard InChI is InChI=1S/C16H18Br2N2/c1-20(11-13-4-2-3-5-15(13)18)16-7-6-14(17)10-12(16)8-9-19/h2-7,10H,8-9,11,19H2,1H3. The highest BCUT2D eigenvalue weighted by atomic mass is 79.9. The minimum Gasteiger partial charge on any atom is -0.370 e. The smallest absolute Gasteiger partial charge is 0.0437 e. The molecule has 0 spiro atoms. The van der Waals surface area contributed by atoms with Crippen LogP contribution in [0.5, 0.6) is 0 Å². The van der Waals surface area contributed by atoms with Crippen molar-refractivity contribution in [2.75, 3.05) is 18.5 Å². The summed E-state index contributed by atoms with van der Waals surface area (Å²) in [5.74, 6) is 0. The molecular weight excluding hydrogens is 380 g/mol. The Morgan fingerprint density at radius 2 is 1.80 bits per heavy atom. The van der Waals surface area contributed by atoms with E-state index in [-0.39, 0.29) is 0 Å². The highest BCUT2D eigenvalue weighted by molar-refractivity contribution is 9.10. The summed E-state index contributed by atoms with van der Waals surface area (Å²) in [5.41, 5.74) is 9.50. The first-order valence-corrected chi connectivity index (χ1v) is 8.13. The number of hydrogen-bond acceptors (Lipinski definition) is 2. The van der Waals surface area contributed by atoms with Crippen LogP contribution in [0.3, 0.4) is 0 Å². The summed E-state index contributed by atoms with van der Waals surface area (Å²) in [4.78, 5) is 2.26. The fraction of sp³-hybridized carbons (Fsp3) is 0.250. The number of rotatable bonds is 5. The molecule has 0 fully saturated rings. The Labute approximate surface area is 137 Å². The maximum Gasteiger partial charge on any atom is 0.0437 e. The van der Waals surface area contributed by atoms with Gasteiger partial charge in [0.1, 0.15) is 0 Å². The van der Waals surface area contributed by atoms with Crippen LogP contribution in [-0.2, 0) is 13.0 Å². The third-order valence-corrected chi connectivity index (χ3v) is 4.50. The Bertz CT molecular complexity index is 584. The summed E-state index contributed by atoms with van der Waals surface area (Å²) in [6.45, 7) is 1.52. The van der Waals surface area contributed by atoms with Gasteiger partial charge < -0.3 is 10.6 Å². The molecule has 0 aliphatic heterocycles. The molecular formula is C16H18Br2N2. The number of nitrogens with two attached hydrogens (primary N) is 1. The topological polar surface area (TPSA) is 29.3 Å². The van der Waals surface area contributed by atoms with Crippen molar-refractivity contribution in [3.05, 3.63) is 62.5 Å². The first-order chi connectivity index (χ1) is 9.61. The maximum absolute atomic E-state index is 5.72. The predicted molar refractivity (Wildman–Crippen MR) is 93.1 cm³/mol. The van der Waals surface area contributed by atoms with E-state index in [1.165, 1.54) is 16.8 Å². The highest BCUT2D eigenvalue weighted by Crippen LogP contribution is 2.27. The number of anilines is 1. The lowest BCUT2D eigenvalue weighted by Crippen LogP contribution is -2.19. The van der Waals surface area contributed by atoms with Gasteiger partial charge in [0.15, 0.2) is 0 Å². The summed E-state index contributed by atoms with van der Waals surface area (Å²) in [6.07, 6.45) is 0.884. The van der Waals surface area contributed by atoms with Crippen molar-refractivity contribution in [3.8, 4) is 0 Å². The van der Waals surface area contributed by atoms with Crippen LogP contribution in [0.25, 0.3) is 0 Å². The average Bonchev–Trinajstić information content (AvgIpc) is 2.42. The molecule has 106 valence electrons. The van der Waals surface area contributed by atoms with Gasteiger partial charge in [0.25, 0.3) is 0 Å². The van der Waals surface area contributed by atoms with Gasteiger partial charge in [-0.1, -0.05) is 50.1 Å². The Balaban J connectivity index is 2.25. The van der Waals surface area contributed by atoms with Gasteiger partial charge in [-0.05, 0) is 48.4 Å². The van der Waals surface area contributed by atoms with Crippen LogP contribution in [-0.4, -0.2) is 13.6 Å². The molecule has 0 bridgehead atoms. The average molecular weight is 398 g/mol. The second-order valence-electron chi connectivity index (χ2n) is 4.76. The number of benzene rings is 2. The van der Waals surface area contributed by atoms with Gasteiger partial charge in [-0.3, -0.25) is 0 Å². The molecule has 2 aromatic carbocycles. The predicted octanol–water partition coefficient (Wildman–Crippen LogP) is 4.35. The SMILES string of the molecule is CN(Cc1ccccc1Br)c1ccc(Br)cc1CCN. The molecule has 0 saturated carbocycles. The summed E-state index contributed by atoms with van der Waals surface area (Å²) in [5, 5.41) is 0. The fourth-order valence-electron chi connectivity index (χ4n) is 2.25. The molecule has 0 heterocycles. The monoisotopic (exact) mass is 396 g/mol. The van der Waals surface area contributed by atoms with Crippen LogP contribution in [0, 0.1) is 0 Å². The van der Waals surface area contributed by atoms with E-state index in [0.717, 1.165) is 21.9 Å². The zero-order valence-corrected chi connectivity index (χ0v) is 14.6. The first-order valence-electron chi connectivity index (χ1n) is 6.55. The third kappa shape index (κ3) is 3.84. The summed E-state index contributed by atoms with van der Waals surface area (Å²) >= 11 is 7.13. The van der Waals surface area contributed by atoms with Gasteiger partial charge in [0, 0.05) is 28.2 Å². The van der Waals surface area contributed by atoms with E-state index in [4.69, 9.17) is 5.73 Å². The van der Waals surface area contributed by atoms with Crippen LogP contribution in [0.4, 0.5) is 5.69 Å². The van der Waals surface area contributed by atoms with Gasteiger partial charge in [0.05, 0.1) is 0 Å². The van der Waals surface area contributed by atoms with Crippen LogP contribution < -0.4 is 10.6 Å². The third-order valence-electron chi connectivity index (χ3n) is 3.23. The molecule has 0 atom stereocenters. The molecule has 4 heteroatoms. The van der Waals surface area contributed by atoms with E-state index in [9.17, 15) is 0 Å². The van der Waals surface area contributed by atoms with Gasteiger partial charge in [0.2, 0.25) is 0 Å². The summed E-state index contributed by atoms with van der Waals surface area (Å²) < 4.78 is 2.24. The first kappa shape index (κ1) is 15.5. The minimum absolute atomic E-state index is 0.659. The quantitative estimate of drug-likeness (QED) is 0.812. The van der Waals surface area contributed by atoms with Gasteiger partial charge in [-0.2, -0.15) is 0 Å². The summed E-state index contributed by atoms with van der Waals surface area (Å²) in [6, 6.07) is 14.7. The van der Waals surface area contributed by atoms with Gasteiger partial charge in [-0.15, -0.1) is 0 Å². The zero-order valence-electron chi connectivity index (χ0n) is 11.4. The van der Waals surface area contributed by atoms with Gasteiger partial charge in [-0.25, -0.2) is 0 Å². The molecule has 20 heavy (non-hydrogen) atoms. The van der Waals surface area contributed by atoms with E-state index in [1.807, 2.05) is 6.07 Å². The van der Waals surface area contributed by atoms with Crippen molar-refractivity contribution in [2.24, 2.45) is 5.73 Å². The molecule has 2 nitrogen and oxygen atoms in total. The van der Waals surface area contributed by atoms with Crippen LogP contribution in [0.1, 0.15) is 11.1 Å². The molecule has 0 unspecified atom stereocenters. The lowest BCUT2D eigenvalue weighted by molar-refractivity contribution is 0.889. The van der Waals surface area contributed by atoms with E-state index >= 15 is 0 Å². The lowest BCUT2D eigenvalue weighted by Gasteiger charge is -2.23. The van der Waals surface area contributed by atoms with Crippen LogP contribution in [0.15, 0.2) is 51.4 Å². The van der Waals surface area contributed by atoms with Crippen molar-refractivity contribution >= 4 is 37.5 Å². The van der Waals surface area contributed by atoms with E-state index in [2.05, 4.69) is 80.2 Å². The normalized spacial score (nSPS) is 10.6. The molecule has 2 aromatic rings. The van der Waals surface area contributed by atoms with Crippen LogP contribution in [0.2, 0.25) is 0 Å². The molecule has 2 rings (SSSR count). The Morgan fingerprint density at radius 1 is 1.05 bits per heavy atom. The van der Waals surface area contributed by atoms with E-state index < -0.39 is 0 Å².